The Balaban J connectivity index is 2.13. The number of aromatic nitrogens is 3. The summed E-state index contributed by atoms with van der Waals surface area (Å²) in [5.74, 6) is 0. The van der Waals surface area contributed by atoms with Crippen molar-refractivity contribution < 1.29 is 0 Å². The van der Waals surface area contributed by atoms with Crippen molar-refractivity contribution in [2.45, 2.75) is 39.3 Å². The van der Waals surface area contributed by atoms with Crippen molar-refractivity contribution in [1.82, 2.24) is 20.1 Å². The van der Waals surface area contributed by atoms with Gasteiger partial charge in [0.05, 0.1) is 16.9 Å². The molecule has 2 aromatic rings. The van der Waals surface area contributed by atoms with Gasteiger partial charge in [0.2, 0.25) is 0 Å². The van der Waals surface area contributed by atoms with E-state index in [0.29, 0.717) is 12.1 Å². The van der Waals surface area contributed by atoms with E-state index >= 15 is 0 Å². The zero-order valence-electron chi connectivity index (χ0n) is 11.3. The Labute approximate surface area is 112 Å². The monoisotopic (exact) mass is 264 g/mol. The zero-order valence-corrected chi connectivity index (χ0v) is 12.2. The highest BCUT2D eigenvalue weighted by molar-refractivity contribution is 7.09. The fourth-order valence-electron chi connectivity index (χ4n) is 1.95. The number of rotatable bonds is 5. The third-order valence-electron chi connectivity index (χ3n) is 3.05. The minimum Gasteiger partial charge on any atom is -0.312 e. The van der Waals surface area contributed by atoms with E-state index in [1.165, 1.54) is 4.88 Å². The number of nitrogens with zero attached hydrogens (tertiary/aromatic N) is 3. The Morgan fingerprint density at radius 3 is 2.72 bits per heavy atom. The van der Waals surface area contributed by atoms with Gasteiger partial charge in [0, 0.05) is 29.6 Å². The molecular weight excluding hydrogens is 244 g/mol. The fraction of sp³-hybridized carbons (Fsp3) is 0.538. The van der Waals surface area contributed by atoms with Gasteiger partial charge in [0.25, 0.3) is 0 Å². The first-order valence-corrected chi connectivity index (χ1v) is 7.11. The normalized spacial score (nSPS) is 13.2. The van der Waals surface area contributed by atoms with Crippen LogP contribution in [0.4, 0.5) is 0 Å². The van der Waals surface area contributed by atoms with Gasteiger partial charge in [-0.1, -0.05) is 0 Å². The van der Waals surface area contributed by atoms with Crippen LogP contribution >= 0.6 is 11.3 Å². The van der Waals surface area contributed by atoms with Gasteiger partial charge in [-0.3, -0.25) is 4.68 Å². The van der Waals surface area contributed by atoms with Crippen molar-refractivity contribution >= 4 is 11.3 Å². The second kappa shape index (κ2) is 5.63. The molecule has 0 radical (unpaired) electrons. The molecule has 4 nitrogen and oxygen atoms in total. The molecule has 18 heavy (non-hydrogen) atoms. The van der Waals surface area contributed by atoms with Crippen LogP contribution in [0.15, 0.2) is 17.8 Å². The second-order valence-corrected chi connectivity index (χ2v) is 5.61. The predicted molar refractivity (Wildman–Crippen MR) is 75.0 cm³/mol. The topological polar surface area (TPSA) is 42.7 Å². The van der Waals surface area contributed by atoms with E-state index in [1.807, 2.05) is 23.4 Å². The first-order valence-electron chi connectivity index (χ1n) is 6.23. The molecule has 0 saturated carbocycles. The SMILES string of the molecule is CNC(Cc1ccn(C(C)C)n1)c1scnc1C. The molecule has 0 aliphatic carbocycles. The summed E-state index contributed by atoms with van der Waals surface area (Å²) in [5, 5.41) is 7.95. The summed E-state index contributed by atoms with van der Waals surface area (Å²) >= 11 is 1.71. The Hall–Kier alpha value is -1.20. The molecule has 0 aromatic carbocycles. The lowest BCUT2D eigenvalue weighted by Gasteiger charge is -2.13. The van der Waals surface area contributed by atoms with E-state index in [9.17, 15) is 0 Å². The van der Waals surface area contributed by atoms with Crippen LogP contribution in [0, 0.1) is 6.92 Å². The van der Waals surface area contributed by atoms with Gasteiger partial charge in [0.15, 0.2) is 0 Å². The molecule has 2 heterocycles. The molecule has 0 amide bonds. The lowest BCUT2D eigenvalue weighted by atomic mass is 10.1. The summed E-state index contributed by atoms with van der Waals surface area (Å²) in [6.07, 6.45) is 2.95. The van der Waals surface area contributed by atoms with E-state index < -0.39 is 0 Å². The van der Waals surface area contributed by atoms with Crippen LogP contribution in [0.25, 0.3) is 0 Å². The van der Waals surface area contributed by atoms with Crippen LogP contribution in [-0.4, -0.2) is 21.8 Å². The third kappa shape index (κ3) is 2.79. The number of hydrogen-bond acceptors (Lipinski definition) is 4. The van der Waals surface area contributed by atoms with Gasteiger partial charge in [0.1, 0.15) is 0 Å². The van der Waals surface area contributed by atoms with Gasteiger partial charge in [-0.2, -0.15) is 5.10 Å². The Kier molecular flexibility index (Phi) is 4.14. The van der Waals surface area contributed by atoms with Crippen molar-refractivity contribution in [3.8, 4) is 0 Å². The van der Waals surface area contributed by atoms with E-state index in [1.54, 1.807) is 11.3 Å². The summed E-state index contributed by atoms with van der Waals surface area (Å²) in [6, 6.07) is 2.81. The smallest absolute Gasteiger partial charge is 0.0798 e. The van der Waals surface area contributed by atoms with Crippen LogP contribution in [0.5, 0.6) is 0 Å². The van der Waals surface area contributed by atoms with Gasteiger partial charge in [-0.25, -0.2) is 4.98 Å². The summed E-state index contributed by atoms with van der Waals surface area (Å²) in [5.41, 5.74) is 4.14. The largest absolute Gasteiger partial charge is 0.312 e. The third-order valence-corrected chi connectivity index (χ3v) is 4.10. The molecule has 0 spiro atoms. The van der Waals surface area contributed by atoms with Crippen molar-refractivity contribution in [2.24, 2.45) is 0 Å². The second-order valence-electron chi connectivity index (χ2n) is 4.73. The molecular formula is C13H20N4S. The number of aryl methyl sites for hydroxylation is 1. The first-order chi connectivity index (χ1) is 8.61. The number of hydrogen-bond donors (Lipinski definition) is 1. The van der Waals surface area contributed by atoms with E-state index in [2.05, 4.69) is 42.2 Å². The number of likely N-dealkylation sites (N-methyl/N-ethyl adjacent to an activating group) is 1. The summed E-state index contributed by atoms with van der Waals surface area (Å²) < 4.78 is 2.00. The summed E-state index contributed by atoms with van der Waals surface area (Å²) in [7, 11) is 1.99. The maximum atomic E-state index is 4.60. The van der Waals surface area contributed by atoms with Gasteiger partial charge >= 0.3 is 0 Å². The Morgan fingerprint density at radius 2 is 2.22 bits per heavy atom. The lowest BCUT2D eigenvalue weighted by Crippen LogP contribution is -2.19. The molecule has 0 aliphatic heterocycles. The van der Waals surface area contributed by atoms with E-state index in [0.717, 1.165) is 17.8 Å². The average molecular weight is 264 g/mol. The summed E-state index contributed by atoms with van der Waals surface area (Å²) in [6.45, 7) is 6.34. The van der Waals surface area contributed by atoms with Crippen molar-refractivity contribution in [3.05, 3.63) is 34.0 Å². The number of thiazole rings is 1. The highest BCUT2D eigenvalue weighted by atomic mass is 32.1. The minimum atomic E-state index is 0.299. The number of nitrogens with one attached hydrogen (secondary N) is 1. The maximum absolute atomic E-state index is 4.60. The molecule has 1 unspecified atom stereocenters. The molecule has 5 heteroatoms. The standard InChI is InChI=1S/C13H20N4S/c1-9(2)17-6-5-11(16-17)7-12(14-4)13-10(3)15-8-18-13/h5-6,8-9,12,14H,7H2,1-4H3. The molecule has 2 rings (SSSR count). The summed E-state index contributed by atoms with van der Waals surface area (Å²) in [4.78, 5) is 5.62. The van der Waals surface area contributed by atoms with Crippen molar-refractivity contribution in [3.63, 3.8) is 0 Å². The van der Waals surface area contributed by atoms with Crippen LogP contribution in [-0.2, 0) is 6.42 Å². The van der Waals surface area contributed by atoms with Gasteiger partial charge in [-0.05, 0) is 33.9 Å². The van der Waals surface area contributed by atoms with Crippen LogP contribution in [0.2, 0.25) is 0 Å². The van der Waals surface area contributed by atoms with Crippen LogP contribution in [0.1, 0.15) is 42.2 Å². The van der Waals surface area contributed by atoms with E-state index in [-0.39, 0.29) is 0 Å². The van der Waals surface area contributed by atoms with E-state index in [4.69, 9.17) is 0 Å². The molecule has 2 aromatic heterocycles. The highest BCUT2D eigenvalue weighted by Crippen LogP contribution is 2.24. The Bertz CT molecular complexity index is 501. The van der Waals surface area contributed by atoms with Crippen LogP contribution in [0.3, 0.4) is 0 Å². The predicted octanol–water partition coefficient (Wildman–Crippen LogP) is 2.73. The first kappa shape index (κ1) is 13.2. The molecule has 98 valence electrons. The van der Waals surface area contributed by atoms with Crippen molar-refractivity contribution in [2.75, 3.05) is 7.05 Å². The molecule has 1 N–H and O–H groups in total. The lowest BCUT2D eigenvalue weighted by molar-refractivity contribution is 0.516. The molecule has 0 aliphatic rings. The average Bonchev–Trinajstić information content (AvgIpc) is 2.95. The van der Waals surface area contributed by atoms with Gasteiger partial charge in [-0.15, -0.1) is 11.3 Å². The van der Waals surface area contributed by atoms with Crippen molar-refractivity contribution in [1.29, 1.82) is 0 Å². The quantitative estimate of drug-likeness (QED) is 0.903. The zero-order chi connectivity index (χ0) is 13.1. The minimum absolute atomic E-state index is 0.299. The highest BCUT2D eigenvalue weighted by Gasteiger charge is 2.16. The molecule has 0 fully saturated rings. The van der Waals surface area contributed by atoms with Crippen LogP contribution < -0.4 is 5.32 Å². The molecule has 1 atom stereocenters. The molecule has 0 saturated heterocycles. The van der Waals surface area contributed by atoms with Gasteiger partial charge < -0.3 is 5.32 Å². The Morgan fingerprint density at radius 1 is 1.44 bits per heavy atom. The maximum Gasteiger partial charge on any atom is 0.0798 e. The molecule has 0 bridgehead atoms. The fourth-order valence-corrected chi connectivity index (χ4v) is 2.87.